The molecule has 0 saturated heterocycles. The molecule has 0 saturated carbocycles. The molecule has 2 rings (SSSR count). The van der Waals surface area contributed by atoms with E-state index in [-0.39, 0.29) is 18.8 Å². The van der Waals surface area contributed by atoms with Crippen LogP contribution in [0.5, 0.6) is 0 Å². The number of hydrogen-bond acceptors (Lipinski definition) is 2. The molecule has 136 valence electrons. The summed E-state index contributed by atoms with van der Waals surface area (Å²) in [4.78, 5) is 11.9. The second kappa shape index (κ2) is 11.4. The minimum Gasteiger partial charge on any atom is -0.352 e. The molecule has 0 radical (unpaired) electrons. The Morgan fingerprint density at radius 2 is 1.58 bits per heavy atom. The van der Waals surface area contributed by atoms with Crippen LogP contribution in [-0.2, 0) is 7.05 Å². The molecule has 0 bridgehead atoms. The van der Waals surface area contributed by atoms with Crippen molar-refractivity contribution in [1.29, 1.82) is 0 Å². The smallest absolute Gasteiger partial charge is 0.255 e. The minimum absolute atomic E-state index is 0. The van der Waals surface area contributed by atoms with E-state index < -0.39 is 0 Å². The first kappa shape index (κ1) is 24.2. The maximum atomic E-state index is 13.8. The summed E-state index contributed by atoms with van der Waals surface area (Å²) in [5, 5.41) is 3.02. The van der Waals surface area contributed by atoms with Gasteiger partial charge in [-0.05, 0) is 44.0 Å². The van der Waals surface area contributed by atoms with Crippen molar-refractivity contribution in [2.45, 2.75) is 55.9 Å². The summed E-state index contributed by atoms with van der Waals surface area (Å²) >= 11 is 0. The van der Waals surface area contributed by atoms with Crippen LogP contribution < -0.4 is 10.9 Å². The number of pyridine rings is 1. The molecule has 0 aliphatic rings. The molecule has 0 fully saturated rings. The van der Waals surface area contributed by atoms with E-state index in [1.807, 2.05) is 47.6 Å². The minimum atomic E-state index is -0.320. The molecule has 1 aromatic carbocycles. The molecular weight excluding hydrogens is 303 g/mol. The van der Waals surface area contributed by atoms with Gasteiger partial charge < -0.3 is 9.88 Å². The van der Waals surface area contributed by atoms with Gasteiger partial charge in [-0.1, -0.05) is 41.2 Å². The molecule has 3 nitrogen and oxygen atoms in total. The van der Waals surface area contributed by atoms with Crippen molar-refractivity contribution in [3.8, 4) is 0 Å². The highest BCUT2D eigenvalue weighted by Crippen LogP contribution is 2.24. The lowest BCUT2D eigenvalue weighted by atomic mass is 10.1. The standard InChI is InChI=1S/C15H17FN2O.2C2H6.CH4/c1-9-5-6-13(12(16)7-9)17-14-10(2)8-18(4)15(19)11(14)3;2*1-2;/h5-8,17H,1-4H3;2*1-2H3;1H4. The average molecular weight is 336 g/mol. The van der Waals surface area contributed by atoms with Gasteiger partial charge >= 0.3 is 0 Å². The molecule has 0 atom stereocenters. The highest BCUT2D eigenvalue weighted by atomic mass is 19.1. The molecule has 24 heavy (non-hydrogen) atoms. The summed E-state index contributed by atoms with van der Waals surface area (Å²) in [5.41, 5.74) is 3.32. The van der Waals surface area contributed by atoms with Crippen LogP contribution in [-0.4, -0.2) is 4.57 Å². The summed E-state index contributed by atoms with van der Waals surface area (Å²) in [6, 6.07) is 4.98. The van der Waals surface area contributed by atoms with E-state index in [4.69, 9.17) is 0 Å². The highest BCUT2D eigenvalue weighted by molar-refractivity contribution is 5.66. The zero-order valence-corrected chi connectivity index (χ0v) is 15.5. The number of nitrogens with one attached hydrogen (secondary N) is 1. The van der Waals surface area contributed by atoms with Crippen LogP contribution in [0.2, 0.25) is 0 Å². The second-order valence-corrected chi connectivity index (χ2v) is 4.84. The fraction of sp³-hybridized carbons (Fsp3) is 0.450. The second-order valence-electron chi connectivity index (χ2n) is 4.84. The molecule has 2 aromatic rings. The van der Waals surface area contributed by atoms with Crippen LogP contribution in [0.25, 0.3) is 0 Å². The van der Waals surface area contributed by atoms with Crippen LogP contribution >= 0.6 is 0 Å². The zero-order valence-electron chi connectivity index (χ0n) is 15.5. The van der Waals surface area contributed by atoms with Gasteiger partial charge in [0.1, 0.15) is 5.82 Å². The first-order chi connectivity index (χ1) is 10.9. The lowest BCUT2D eigenvalue weighted by Gasteiger charge is -2.14. The van der Waals surface area contributed by atoms with Crippen molar-refractivity contribution in [3.05, 3.63) is 57.3 Å². The molecule has 1 aromatic heterocycles. The SMILES string of the molecule is C.CC.CC.Cc1ccc(Nc2c(C)cn(C)c(=O)c2C)c(F)c1. The lowest BCUT2D eigenvalue weighted by molar-refractivity contribution is 0.630. The molecule has 0 aliphatic heterocycles. The maximum absolute atomic E-state index is 13.8. The van der Waals surface area contributed by atoms with Gasteiger partial charge in [-0.15, -0.1) is 0 Å². The van der Waals surface area contributed by atoms with Crippen molar-refractivity contribution in [1.82, 2.24) is 4.57 Å². The molecule has 1 N–H and O–H groups in total. The number of rotatable bonds is 2. The predicted molar refractivity (Wildman–Crippen MR) is 105 cm³/mol. The van der Waals surface area contributed by atoms with Crippen LogP contribution in [0, 0.1) is 26.6 Å². The molecule has 0 unspecified atom stereocenters. The van der Waals surface area contributed by atoms with Gasteiger partial charge in [0, 0.05) is 18.8 Å². The van der Waals surface area contributed by atoms with Gasteiger partial charge in [-0.3, -0.25) is 4.79 Å². The Labute approximate surface area is 146 Å². The summed E-state index contributed by atoms with van der Waals surface area (Å²) in [5.74, 6) is -0.320. The third kappa shape index (κ3) is 5.84. The Morgan fingerprint density at radius 1 is 1.04 bits per heavy atom. The van der Waals surface area contributed by atoms with E-state index in [1.165, 1.54) is 10.6 Å². The van der Waals surface area contributed by atoms with Gasteiger partial charge in [0.05, 0.1) is 11.4 Å². The largest absolute Gasteiger partial charge is 0.352 e. The summed E-state index contributed by atoms with van der Waals surface area (Å²) in [7, 11) is 1.71. The highest BCUT2D eigenvalue weighted by Gasteiger charge is 2.10. The lowest BCUT2D eigenvalue weighted by Crippen LogP contribution is -2.21. The van der Waals surface area contributed by atoms with Crippen LogP contribution in [0.1, 0.15) is 51.8 Å². The molecule has 0 spiro atoms. The van der Waals surface area contributed by atoms with Crippen molar-refractivity contribution in [2.24, 2.45) is 7.05 Å². The maximum Gasteiger partial charge on any atom is 0.255 e. The quantitative estimate of drug-likeness (QED) is 0.743. The van der Waals surface area contributed by atoms with E-state index >= 15 is 0 Å². The van der Waals surface area contributed by atoms with Gasteiger partial charge in [0.15, 0.2) is 0 Å². The van der Waals surface area contributed by atoms with Crippen LogP contribution in [0.15, 0.2) is 29.2 Å². The number of aryl methyl sites for hydroxylation is 3. The molecule has 0 amide bonds. The van der Waals surface area contributed by atoms with E-state index in [2.05, 4.69) is 5.32 Å². The van der Waals surface area contributed by atoms with E-state index in [0.29, 0.717) is 16.9 Å². The average Bonchev–Trinajstić information content (AvgIpc) is 2.55. The summed E-state index contributed by atoms with van der Waals surface area (Å²) in [6.45, 7) is 13.5. The Balaban J connectivity index is 0. The third-order valence-corrected chi connectivity index (χ3v) is 3.18. The van der Waals surface area contributed by atoms with Gasteiger partial charge in [0.25, 0.3) is 5.56 Å². The van der Waals surface area contributed by atoms with E-state index in [9.17, 15) is 9.18 Å². The molecular formula is C20H33FN2O. The van der Waals surface area contributed by atoms with Crippen molar-refractivity contribution < 1.29 is 4.39 Å². The van der Waals surface area contributed by atoms with Gasteiger partial charge in [-0.25, -0.2) is 4.39 Å². The fourth-order valence-corrected chi connectivity index (χ4v) is 2.13. The van der Waals surface area contributed by atoms with Crippen LogP contribution in [0.4, 0.5) is 15.8 Å². The number of anilines is 2. The number of aromatic nitrogens is 1. The topological polar surface area (TPSA) is 34.0 Å². The Kier molecular flexibility index (Phi) is 11.5. The first-order valence-electron chi connectivity index (χ1n) is 8.10. The predicted octanol–water partition coefficient (Wildman–Crippen LogP) is 5.88. The van der Waals surface area contributed by atoms with Crippen LogP contribution in [0.3, 0.4) is 0 Å². The van der Waals surface area contributed by atoms with E-state index in [0.717, 1.165) is 11.1 Å². The number of halogens is 1. The third-order valence-electron chi connectivity index (χ3n) is 3.18. The van der Waals surface area contributed by atoms with Crippen molar-refractivity contribution in [3.63, 3.8) is 0 Å². The fourth-order valence-electron chi connectivity index (χ4n) is 2.13. The number of nitrogens with zero attached hydrogens (tertiary/aromatic N) is 1. The number of benzene rings is 1. The Morgan fingerprint density at radius 3 is 2.08 bits per heavy atom. The summed E-state index contributed by atoms with van der Waals surface area (Å²) in [6.07, 6.45) is 1.74. The molecule has 4 heteroatoms. The number of hydrogen-bond donors (Lipinski definition) is 1. The Bertz CT molecular complexity index is 691. The Hall–Kier alpha value is -2.10. The molecule has 1 heterocycles. The van der Waals surface area contributed by atoms with Crippen molar-refractivity contribution in [2.75, 3.05) is 5.32 Å². The monoisotopic (exact) mass is 336 g/mol. The van der Waals surface area contributed by atoms with Gasteiger partial charge in [-0.2, -0.15) is 0 Å². The van der Waals surface area contributed by atoms with Gasteiger partial charge in [0.2, 0.25) is 0 Å². The first-order valence-corrected chi connectivity index (χ1v) is 8.10. The summed E-state index contributed by atoms with van der Waals surface area (Å²) < 4.78 is 15.4. The van der Waals surface area contributed by atoms with E-state index in [1.54, 1.807) is 26.2 Å². The van der Waals surface area contributed by atoms with Crippen molar-refractivity contribution >= 4 is 11.4 Å². The zero-order chi connectivity index (χ0) is 18.2. The molecule has 0 aliphatic carbocycles. The normalized spacial score (nSPS) is 8.88.